The predicted molar refractivity (Wildman–Crippen MR) is 164 cm³/mol. The Balaban J connectivity index is 1.31. The van der Waals surface area contributed by atoms with Crippen LogP contribution in [0.25, 0.3) is 0 Å². The van der Waals surface area contributed by atoms with Crippen molar-refractivity contribution in [1.82, 2.24) is 4.72 Å². The Kier molecular flexibility index (Phi) is 6.87. The monoisotopic (exact) mass is 612 g/mol. The number of sulfonamides is 1. The summed E-state index contributed by atoms with van der Waals surface area (Å²) >= 11 is 6.40. The topological polar surface area (TPSA) is 95.9 Å². The quantitative estimate of drug-likeness (QED) is 0.410. The fourth-order valence-electron chi connectivity index (χ4n) is 8.55. The molecule has 2 fully saturated rings. The van der Waals surface area contributed by atoms with Crippen molar-refractivity contribution >= 4 is 33.2 Å². The van der Waals surface area contributed by atoms with E-state index in [0.29, 0.717) is 42.7 Å². The van der Waals surface area contributed by atoms with E-state index in [-0.39, 0.29) is 17.3 Å². The standard InChI is InChI=1S/C33H41ClN2O5S/c1-20-5-6-22-15-28(22)32(2,38)26-10-7-24(26)17-36-18-33(13-3-4-21-14-25(34)9-11-27(21)33)19-41-30-12-8-23(16-29(30)36)31(37)35-42(20,39)40/h8-9,11-12,14,16,20,22,24,26,28,38H,3-7,10,13,15,17-19H2,1-2H3,(H,35,37)/t20-,22+,24+,26-,28+,32+,33+/m1/s1. The van der Waals surface area contributed by atoms with E-state index in [9.17, 15) is 18.3 Å². The molecule has 0 radical (unpaired) electrons. The molecule has 9 heteroatoms. The smallest absolute Gasteiger partial charge is 0.264 e. The number of carbonyl (C=O) groups excluding carboxylic acids is 1. The number of hydrogen-bond acceptors (Lipinski definition) is 6. The summed E-state index contributed by atoms with van der Waals surface area (Å²) in [4.78, 5) is 15.7. The van der Waals surface area contributed by atoms with Crippen molar-refractivity contribution in [2.45, 2.75) is 81.5 Å². The summed E-state index contributed by atoms with van der Waals surface area (Å²) < 4.78 is 35.1. The molecule has 42 heavy (non-hydrogen) atoms. The van der Waals surface area contributed by atoms with Gasteiger partial charge in [0.2, 0.25) is 10.0 Å². The fraction of sp³-hybridized carbons (Fsp3) is 0.606. The maximum absolute atomic E-state index is 13.3. The molecule has 0 saturated heterocycles. The molecule has 2 aliphatic heterocycles. The molecule has 1 amide bonds. The van der Waals surface area contributed by atoms with Gasteiger partial charge in [-0.05, 0) is 130 Å². The van der Waals surface area contributed by atoms with Crippen molar-refractivity contribution in [2.75, 3.05) is 24.6 Å². The van der Waals surface area contributed by atoms with E-state index in [4.69, 9.17) is 16.3 Å². The molecule has 5 aliphatic rings. The van der Waals surface area contributed by atoms with Crippen molar-refractivity contribution in [3.63, 3.8) is 0 Å². The Bertz CT molecular complexity index is 1530. The summed E-state index contributed by atoms with van der Waals surface area (Å²) in [7, 11) is -3.85. The molecule has 7 nitrogen and oxygen atoms in total. The molecule has 7 atom stereocenters. The molecular weight excluding hydrogens is 572 g/mol. The second-order valence-corrected chi connectivity index (χ2v) is 16.5. The summed E-state index contributed by atoms with van der Waals surface area (Å²) in [6.07, 6.45) is 7.19. The number of carbonyl (C=O) groups is 1. The minimum absolute atomic E-state index is 0.189. The van der Waals surface area contributed by atoms with Gasteiger partial charge in [0, 0.05) is 29.1 Å². The van der Waals surface area contributed by atoms with Gasteiger partial charge in [-0.2, -0.15) is 0 Å². The van der Waals surface area contributed by atoms with Crippen LogP contribution in [0.4, 0.5) is 5.69 Å². The average Bonchev–Trinajstić information content (AvgIpc) is 3.73. The lowest BCUT2D eigenvalue weighted by molar-refractivity contribution is -0.0868. The molecule has 2 bridgehead atoms. The van der Waals surface area contributed by atoms with E-state index in [1.54, 1.807) is 19.1 Å². The van der Waals surface area contributed by atoms with E-state index in [2.05, 4.69) is 21.8 Å². The zero-order valence-corrected chi connectivity index (χ0v) is 26.0. The number of nitrogens with one attached hydrogen (secondary N) is 1. The van der Waals surface area contributed by atoms with Crippen LogP contribution in [0.1, 0.15) is 80.3 Å². The van der Waals surface area contributed by atoms with Gasteiger partial charge in [-0.1, -0.05) is 17.7 Å². The second-order valence-electron chi connectivity index (χ2n) is 13.9. The maximum atomic E-state index is 13.3. The average molecular weight is 613 g/mol. The van der Waals surface area contributed by atoms with E-state index >= 15 is 0 Å². The number of hydrogen-bond donors (Lipinski definition) is 2. The van der Waals surface area contributed by atoms with Crippen LogP contribution in [0.5, 0.6) is 5.75 Å². The van der Waals surface area contributed by atoms with E-state index < -0.39 is 26.8 Å². The van der Waals surface area contributed by atoms with Crippen LogP contribution in [0.3, 0.4) is 0 Å². The molecule has 2 aromatic carbocycles. The largest absolute Gasteiger partial charge is 0.490 e. The molecule has 0 unspecified atom stereocenters. The van der Waals surface area contributed by atoms with Crippen molar-refractivity contribution in [3.8, 4) is 5.75 Å². The number of benzene rings is 2. The zero-order valence-electron chi connectivity index (χ0n) is 24.4. The van der Waals surface area contributed by atoms with Crippen molar-refractivity contribution in [3.05, 3.63) is 58.1 Å². The van der Waals surface area contributed by atoms with Gasteiger partial charge < -0.3 is 14.7 Å². The molecule has 0 aromatic heterocycles. The first-order valence-corrected chi connectivity index (χ1v) is 17.5. The van der Waals surface area contributed by atoms with E-state index in [1.165, 1.54) is 11.1 Å². The van der Waals surface area contributed by atoms with Crippen molar-refractivity contribution in [2.24, 2.45) is 23.7 Å². The highest BCUT2D eigenvalue weighted by molar-refractivity contribution is 7.90. The molecular formula is C33H41ClN2O5S. The zero-order chi connectivity index (χ0) is 29.4. The number of anilines is 1. The van der Waals surface area contributed by atoms with Crippen molar-refractivity contribution in [1.29, 1.82) is 0 Å². The van der Waals surface area contributed by atoms with Gasteiger partial charge >= 0.3 is 0 Å². The third-order valence-electron chi connectivity index (χ3n) is 11.3. The molecule has 2 saturated carbocycles. The Morgan fingerprint density at radius 2 is 1.88 bits per heavy atom. The van der Waals surface area contributed by atoms with Crippen LogP contribution in [0, 0.1) is 23.7 Å². The Morgan fingerprint density at radius 1 is 1.07 bits per heavy atom. The normalized spacial score (nSPS) is 37.2. The van der Waals surface area contributed by atoms with Crippen LogP contribution in [-0.4, -0.2) is 50.0 Å². The number of rotatable bonds is 0. The molecule has 1 spiro atoms. The minimum Gasteiger partial charge on any atom is -0.490 e. The van der Waals surface area contributed by atoms with E-state index in [1.807, 2.05) is 19.1 Å². The summed E-state index contributed by atoms with van der Waals surface area (Å²) in [6.45, 7) is 5.65. The lowest BCUT2D eigenvalue weighted by atomic mass is 9.63. The number of halogens is 1. The summed E-state index contributed by atoms with van der Waals surface area (Å²) in [5.41, 5.74) is 2.63. The van der Waals surface area contributed by atoms with Gasteiger partial charge in [0.1, 0.15) is 5.75 Å². The summed E-state index contributed by atoms with van der Waals surface area (Å²) in [6, 6.07) is 11.5. The van der Waals surface area contributed by atoms with Gasteiger partial charge in [0.25, 0.3) is 5.91 Å². The maximum Gasteiger partial charge on any atom is 0.264 e. The van der Waals surface area contributed by atoms with Crippen LogP contribution in [0.2, 0.25) is 5.02 Å². The third-order valence-corrected chi connectivity index (χ3v) is 13.3. The second kappa shape index (κ2) is 10.1. The number of nitrogens with zero attached hydrogens (tertiary/aromatic N) is 1. The Labute approximate surface area is 254 Å². The number of fused-ring (bicyclic) bond motifs is 5. The predicted octanol–water partition coefficient (Wildman–Crippen LogP) is 5.47. The van der Waals surface area contributed by atoms with Gasteiger partial charge in [-0.3, -0.25) is 4.79 Å². The number of ether oxygens (including phenoxy) is 1. The summed E-state index contributed by atoms with van der Waals surface area (Å²) in [5, 5.41) is 11.9. The van der Waals surface area contributed by atoms with Gasteiger partial charge in [0.05, 0.1) is 23.1 Å². The molecule has 2 heterocycles. The lowest BCUT2D eigenvalue weighted by Crippen LogP contribution is -2.53. The van der Waals surface area contributed by atoms with Gasteiger partial charge in [-0.15, -0.1) is 0 Å². The summed E-state index contributed by atoms with van der Waals surface area (Å²) in [5.74, 6) is 1.11. The van der Waals surface area contributed by atoms with E-state index in [0.717, 1.165) is 62.2 Å². The van der Waals surface area contributed by atoms with Crippen LogP contribution in [-0.2, 0) is 21.9 Å². The van der Waals surface area contributed by atoms with Crippen LogP contribution >= 0.6 is 11.6 Å². The van der Waals surface area contributed by atoms with Gasteiger partial charge in [0.15, 0.2) is 0 Å². The van der Waals surface area contributed by atoms with Crippen molar-refractivity contribution < 1.29 is 23.1 Å². The van der Waals surface area contributed by atoms with Crippen LogP contribution < -0.4 is 14.4 Å². The third kappa shape index (κ3) is 4.82. The highest BCUT2D eigenvalue weighted by Gasteiger charge is 2.56. The van der Waals surface area contributed by atoms with Crippen LogP contribution in [0.15, 0.2) is 36.4 Å². The molecule has 3 aliphatic carbocycles. The first-order valence-electron chi connectivity index (χ1n) is 15.6. The SMILES string of the molecule is C[C@@H]1CC[C@H]2C[C@@H]2[C@@](C)(O)[C@@H]2CC[C@H]2CN2C[C@@]3(CCCc4cc(Cl)ccc43)COc3ccc(cc32)C(=O)NS1(=O)=O. The molecule has 7 rings (SSSR count). The lowest BCUT2D eigenvalue weighted by Gasteiger charge is -2.49. The Hall–Kier alpha value is -2.29. The highest BCUT2D eigenvalue weighted by atomic mass is 35.5. The fourth-order valence-corrected chi connectivity index (χ4v) is 9.76. The minimum atomic E-state index is -3.85. The Morgan fingerprint density at radius 3 is 2.67 bits per heavy atom. The molecule has 226 valence electrons. The molecule has 2 aromatic rings. The highest BCUT2D eigenvalue weighted by Crippen LogP contribution is 2.57. The number of amides is 1. The molecule has 2 N–H and O–H groups in total. The first-order chi connectivity index (χ1) is 20.0. The first kappa shape index (κ1) is 28.5. The number of aryl methyl sites for hydroxylation is 1. The van der Waals surface area contributed by atoms with Gasteiger partial charge in [-0.25, -0.2) is 13.1 Å². The number of aliphatic hydroxyl groups is 1.